The molecule has 5 nitrogen and oxygen atoms in total. The van der Waals surface area contributed by atoms with Crippen LogP contribution in [0.2, 0.25) is 0 Å². The van der Waals surface area contributed by atoms with E-state index in [1.807, 2.05) is 31.2 Å². The molecule has 2 rings (SSSR count). The number of carbonyl (C=O) groups is 1. The number of amides is 1. The Kier molecular flexibility index (Phi) is 3.96. The molecule has 2 N–H and O–H groups in total. The molecule has 18 heavy (non-hydrogen) atoms. The van der Waals surface area contributed by atoms with Gasteiger partial charge in [0.05, 0.1) is 18.3 Å². The zero-order chi connectivity index (χ0) is 12.8. The van der Waals surface area contributed by atoms with Crippen LogP contribution in [0.25, 0.3) is 0 Å². The standard InChI is InChI=1S/C13H15N3O2/c1-10-3-2-4-12(7-10)18-6-5-14-13(17)11-8-15-16-9-11/h2-4,7-9H,5-6H2,1H3,(H,14,17)(H,15,16). The number of nitrogens with zero attached hydrogens (tertiary/aromatic N) is 1. The molecule has 0 atom stereocenters. The second kappa shape index (κ2) is 5.86. The van der Waals surface area contributed by atoms with Crippen molar-refractivity contribution >= 4 is 5.91 Å². The number of hydrogen-bond acceptors (Lipinski definition) is 3. The molecular formula is C13H15N3O2. The highest BCUT2D eigenvalue weighted by atomic mass is 16.5. The van der Waals surface area contributed by atoms with E-state index < -0.39 is 0 Å². The van der Waals surface area contributed by atoms with Gasteiger partial charge in [-0.15, -0.1) is 0 Å². The van der Waals surface area contributed by atoms with Gasteiger partial charge in [0.15, 0.2) is 0 Å². The lowest BCUT2D eigenvalue weighted by molar-refractivity contribution is 0.0947. The summed E-state index contributed by atoms with van der Waals surface area (Å²) in [7, 11) is 0. The Bertz CT molecular complexity index is 509. The summed E-state index contributed by atoms with van der Waals surface area (Å²) in [4.78, 5) is 11.5. The highest BCUT2D eigenvalue weighted by Gasteiger charge is 2.04. The highest BCUT2D eigenvalue weighted by Crippen LogP contribution is 2.11. The second-order valence-electron chi connectivity index (χ2n) is 3.91. The van der Waals surface area contributed by atoms with E-state index in [0.29, 0.717) is 18.7 Å². The molecule has 1 heterocycles. The van der Waals surface area contributed by atoms with Crippen molar-refractivity contribution in [2.45, 2.75) is 6.92 Å². The lowest BCUT2D eigenvalue weighted by Crippen LogP contribution is -2.27. The Morgan fingerprint density at radius 2 is 2.39 bits per heavy atom. The summed E-state index contributed by atoms with van der Waals surface area (Å²) >= 11 is 0. The van der Waals surface area contributed by atoms with E-state index in [2.05, 4.69) is 15.5 Å². The average molecular weight is 245 g/mol. The number of hydrogen-bond donors (Lipinski definition) is 2. The van der Waals surface area contributed by atoms with Crippen molar-refractivity contribution in [3.63, 3.8) is 0 Å². The highest BCUT2D eigenvalue weighted by molar-refractivity contribution is 5.93. The molecule has 0 saturated heterocycles. The Hall–Kier alpha value is -2.30. The largest absolute Gasteiger partial charge is 0.492 e. The minimum atomic E-state index is -0.156. The number of H-pyrrole nitrogens is 1. The number of aromatic nitrogens is 2. The Balaban J connectivity index is 1.72. The summed E-state index contributed by atoms with van der Waals surface area (Å²) in [6.07, 6.45) is 3.04. The third-order valence-electron chi connectivity index (χ3n) is 2.41. The van der Waals surface area contributed by atoms with Gasteiger partial charge in [-0.25, -0.2) is 0 Å². The fraction of sp³-hybridized carbons (Fsp3) is 0.231. The van der Waals surface area contributed by atoms with E-state index in [1.165, 1.54) is 6.20 Å². The summed E-state index contributed by atoms with van der Waals surface area (Å²) < 4.78 is 5.52. The van der Waals surface area contributed by atoms with Crippen molar-refractivity contribution in [3.8, 4) is 5.75 Å². The van der Waals surface area contributed by atoms with Crippen LogP contribution in [0, 0.1) is 6.92 Å². The van der Waals surface area contributed by atoms with Crippen molar-refractivity contribution in [3.05, 3.63) is 47.8 Å². The Labute approximate surface area is 105 Å². The van der Waals surface area contributed by atoms with Crippen molar-refractivity contribution in [1.82, 2.24) is 15.5 Å². The SMILES string of the molecule is Cc1cccc(OCCNC(=O)c2cn[nH]c2)c1. The lowest BCUT2D eigenvalue weighted by Gasteiger charge is -2.07. The van der Waals surface area contributed by atoms with Gasteiger partial charge in [-0.3, -0.25) is 9.89 Å². The maximum Gasteiger partial charge on any atom is 0.254 e. The molecule has 0 fully saturated rings. The van der Waals surface area contributed by atoms with E-state index in [-0.39, 0.29) is 5.91 Å². The molecule has 0 aliphatic heterocycles. The minimum absolute atomic E-state index is 0.156. The van der Waals surface area contributed by atoms with Crippen LogP contribution in [-0.2, 0) is 0 Å². The van der Waals surface area contributed by atoms with Gasteiger partial charge in [0.1, 0.15) is 12.4 Å². The van der Waals surface area contributed by atoms with Crippen LogP contribution in [-0.4, -0.2) is 29.3 Å². The number of aromatic amines is 1. The van der Waals surface area contributed by atoms with Crippen molar-refractivity contribution in [2.24, 2.45) is 0 Å². The fourth-order valence-corrected chi connectivity index (χ4v) is 1.52. The van der Waals surface area contributed by atoms with Crippen molar-refractivity contribution in [2.75, 3.05) is 13.2 Å². The summed E-state index contributed by atoms with van der Waals surface area (Å²) in [6.45, 7) is 2.90. The molecule has 0 aliphatic carbocycles. The maximum atomic E-state index is 11.5. The predicted molar refractivity (Wildman–Crippen MR) is 67.6 cm³/mol. The van der Waals surface area contributed by atoms with Gasteiger partial charge in [-0.05, 0) is 24.6 Å². The molecule has 2 aromatic rings. The minimum Gasteiger partial charge on any atom is -0.492 e. The number of rotatable bonds is 5. The molecule has 0 spiro atoms. The van der Waals surface area contributed by atoms with Crippen LogP contribution in [0.5, 0.6) is 5.75 Å². The normalized spacial score (nSPS) is 10.1. The van der Waals surface area contributed by atoms with Crippen LogP contribution in [0.15, 0.2) is 36.7 Å². The monoisotopic (exact) mass is 245 g/mol. The first-order valence-electron chi connectivity index (χ1n) is 5.72. The van der Waals surface area contributed by atoms with Gasteiger partial charge in [0.2, 0.25) is 0 Å². The van der Waals surface area contributed by atoms with Crippen molar-refractivity contribution < 1.29 is 9.53 Å². The Morgan fingerprint density at radius 1 is 1.50 bits per heavy atom. The number of benzene rings is 1. The first-order chi connectivity index (χ1) is 8.75. The topological polar surface area (TPSA) is 67.0 Å². The third kappa shape index (κ3) is 3.35. The van der Waals surface area contributed by atoms with Crippen LogP contribution in [0.1, 0.15) is 15.9 Å². The predicted octanol–water partition coefficient (Wildman–Crippen LogP) is 1.53. The summed E-state index contributed by atoms with van der Waals surface area (Å²) in [5.74, 6) is 0.657. The molecule has 1 amide bonds. The first-order valence-corrected chi connectivity index (χ1v) is 5.72. The molecule has 94 valence electrons. The van der Waals surface area contributed by atoms with Crippen LogP contribution < -0.4 is 10.1 Å². The van der Waals surface area contributed by atoms with E-state index >= 15 is 0 Å². The summed E-state index contributed by atoms with van der Waals surface area (Å²) in [5.41, 5.74) is 1.67. The van der Waals surface area contributed by atoms with Crippen molar-refractivity contribution in [1.29, 1.82) is 0 Å². The Morgan fingerprint density at radius 3 is 3.11 bits per heavy atom. The molecule has 0 radical (unpaired) electrons. The number of carbonyl (C=O) groups excluding carboxylic acids is 1. The van der Waals surface area contributed by atoms with Gasteiger partial charge in [0.25, 0.3) is 5.91 Å². The molecule has 5 heteroatoms. The molecule has 0 bridgehead atoms. The zero-order valence-corrected chi connectivity index (χ0v) is 10.1. The lowest BCUT2D eigenvalue weighted by atomic mass is 10.2. The molecule has 1 aromatic heterocycles. The molecule has 0 aliphatic rings. The smallest absolute Gasteiger partial charge is 0.254 e. The van der Waals surface area contributed by atoms with E-state index in [9.17, 15) is 4.79 Å². The summed E-state index contributed by atoms with van der Waals surface area (Å²) in [6, 6.07) is 7.80. The third-order valence-corrected chi connectivity index (χ3v) is 2.41. The maximum absolute atomic E-state index is 11.5. The van der Waals surface area contributed by atoms with Crippen LogP contribution >= 0.6 is 0 Å². The first kappa shape index (κ1) is 12.2. The van der Waals surface area contributed by atoms with E-state index in [1.54, 1.807) is 6.20 Å². The van der Waals surface area contributed by atoms with E-state index in [0.717, 1.165) is 11.3 Å². The quantitative estimate of drug-likeness (QED) is 0.785. The zero-order valence-electron chi connectivity index (χ0n) is 10.1. The fourth-order valence-electron chi connectivity index (χ4n) is 1.52. The van der Waals surface area contributed by atoms with Crippen LogP contribution in [0.4, 0.5) is 0 Å². The van der Waals surface area contributed by atoms with Gasteiger partial charge < -0.3 is 10.1 Å². The second-order valence-corrected chi connectivity index (χ2v) is 3.91. The van der Waals surface area contributed by atoms with E-state index in [4.69, 9.17) is 4.74 Å². The van der Waals surface area contributed by atoms with Gasteiger partial charge in [0, 0.05) is 6.20 Å². The molecule has 0 unspecified atom stereocenters. The van der Waals surface area contributed by atoms with Gasteiger partial charge in [-0.1, -0.05) is 12.1 Å². The number of nitrogens with one attached hydrogen (secondary N) is 2. The molecule has 1 aromatic carbocycles. The summed E-state index contributed by atoms with van der Waals surface area (Å²) in [5, 5.41) is 9.05. The molecular weight excluding hydrogens is 230 g/mol. The number of ether oxygens (including phenoxy) is 1. The number of aryl methyl sites for hydroxylation is 1. The van der Waals surface area contributed by atoms with Gasteiger partial charge in [-0.2, -0.15) is 5.10 Å². The average Bonchev–Trinajstić information content (AvgIpc) is 2.88. The van der Waals surface area contributed by atoms with Crippen LogP contribution in [0.3, 0.4) is 0 Å². The van der Waals surface area contributed by atoms with Gasteiger partial charge >= 0.3 is 0 Å². The molecule has 0 saturated carbocycles.